The van der Waals surface area contributed by atoms with Crippen LogP contribution in [-0.4, -0.2) is 55.1 Å². The molecule has 2 heterocycles. The molecule has 9 nitrogen and oxygen atoms in total. The number of urea groups is 1. The van der Waals surface area contributed by atoms with E-state index >= 15 is 0 Å². The van der Waals surface area contributed by atoms with E-state index in [-0.39, 0.29) is 24.7 Å². The standard InChI is InChI=1S/C24H22F4N4O5/c1-2-37-22(35)17-11-31(16-8-6-15(7-9-16)30-12-19(33)29-13-30)23(36)32(21(17)34)10-14-4-3-5-18(25)20(14)24(26,27)28/h3-9,17H,2,10-13H2,1H3,(H,29,33). The molecule has 1 unspecified atom stereocenters. The quantitative estimate of drug-likeness (QED) is 0.356. The Balaban J connectivity index is 1.68. The molecule has 4 amide bonds. The van der Waals surface area contributed by atoms with E-state index in [1.54, 1.807) is 17.0 Å². The summed E-state index contributed by atoms with van der Waals surface area (Å²) in [4.78, 5) is 53.8. The minimum atomic E-state index is -5.08. The number of hydrogen-bond acceptors (Lipinski definition) is 6. The van der Waals surface area contributed by atoms with Crippen LogP contribution in [0.4, 0.5) is 33.7 Å². The lowest BCUT2D eigenvalue weighted by molar-refractivity contribution is -0.155. The van der Waals surface area contributed by atoms with Gasteiger partial charge in [-0.1, -0.05) is 12.1 Å². The van der Waals surface area contributed by atoms with Gasteiger partial charge in [-0.3, -0.25) is 24.2 Å². The highest BCUT2D eigenvalue weighted by Crippen LogP contribution is 2.36. The number of halogens is 4. The van der Waals surface area contributed by atoms with Crippen LogP contribution in [0, 0.1) is 11.7 Å². The third kappa shape index (κ3) is 5.20. The summed E-state index contributed by atoms with van der Waals surface area (Å²) in [5.41, 5.74) is -1.32. The molecule has 13 heteroatoms. The average Bonchev–Trinajstić information content (AvgIpc) is 3.27. The lowest BCUT2D eigenvalue weighted by Crippen LogP contribution is -2.58. The molecule has 1 N–H and O–H groups in total. The number of alkyl halides is 3. The number of nitrogens with one attached hydrogen (secondary N) is 1. The number of carbonyl (C=O) groups is 4. The number of ether oxygens (including phenoxy) is 1. The Hall–Kier alpha value is -4.16. The summed E-state index contributed by atoms with van der Waals surface area (Å²) in [6.07, 6.45) is -5.08. The molecule has 0 aromatic heterocycles. The molecule has 2 aromatic rings. The summed E-state index contributed by atoms with van der Waals surface area (Å²) in [7, 11) is 0. The Morgan fingerprint density at radius 3 is 2.35 bits per heavy atom. The van der Waals surface area contributed by atoms with Gasteiger partial charge < -0.3 is 15.0 Å². The van der Waals surface area contributed by atoms with Crippen molar-refractivity contribution in [2.24, 2.45) is 5.92 Å². The van der Waals surface area contributed by atoms with E-state index in [1.165, 1.54) is 19.1 Å². The van der Waals surface area contributed by atoms with Crippen LogP contribution in [0.1, 0.15) is 18.1 Å². The van der Waals surface area contributed by atoms with Crippen LogP contribution in [0.15, 0.2) is 42.5 Å². The second kappa shape index (κ2) is 10.1. The summed E-state index contributed by atoms with van der Waals surface area (Å²) < 4.78 is 59.7. The first-order valence-electron chi connectivity index (χ1n) is 11.3. The van der Waals surface area contributed by atoms with Crippen molar-refractivity contribution in [2.45, 2.75) is 19.6 Å². The summed E-state index contributed by atoms with van der Waals surface area (Å²) in [5.74, 6) is -5.19. The Kier molecular flexibility index (Phi) is 7.05. The van der Waals surface area contributed by atoms with E-state index in [2.05, 4.69) is 5.32 Å². The molecule has 0 aliphatic carbocycles. The van der Waals surface area contributed by atoms with E-state index in [9.17, 15) is 36.7 Å². The van der Waals surface area contributed by atoms with Crippen molar-refractivity contribution in [1.82, 2.24) is 10.2 Å². The topological polar surface area (TPSA) is 99.3 Å². The van der Waals surface area contributed by atoms with Crippen molar-refractivity contribution < 1.29 is 41.5 Å². The Morgan fingerprint density at radius 1 is 1.08 bits per heavy atom. The zero-order valence-electron chi connectivity index (χ0n) is 19.5. The maximum Gasteiger partial charge on any atom is 0.419 e. The number of anilines is 2. The molecule has 2 fully saturated rings. The predicted molar refractivity (Wildman–Crippen MR) is 122 cm³/mol. The highest BCUT2D eigenvalue weighted by molar-refractivity contribution is 6.12. The van der Waals surface area contributed by atoms with E-state index in [0.717, 1.165) is 17.0 Å². The van der Waals surface area contributed by atoms with E-state index in [4.69, 9.17) is 4.74 Å². The van der Waals surface area contributed by atoms with Crippen LogP contribution in [0.3, 0.4) is 0 Å². The summed E-state index contributed by atoms with van der Waals surface area (Å²) in [6.45, 7) is 0.593. The molecule has 2 aliphatic rings. The minimum absolute atomic E-state index is 0.0596. The van der Waals surface area contributed by atoms with Crippen molar-refractivity contribution in [3.63, 3.8) is 0 Å². The van der Waals surface area contributed by atoms with Gasteiger partial charge >= 0.3 is 18.2 Å². The molecule has 2 aliphatic heterocycles. The first-order chi connectivity index (χ1) is 17.5. The second-order valence-electron chi connectivity index (χ2n) is 8.37. The number of benzene rings is 2. The fraction of sp³-hybridized carbons (Fsp3) is 0.333. The Bertz CT molecular complexity index is 1230. The van der Waals surface area contributed by atoms with Crippen molar-refractivity contribution in [1.29, 1.82) is 0 Å². The fourth-order valence-corrected chi connectivity index (χ4v) is 4.23. The fourth-order valence-electron chi connectivity index (χ4n) is 4.23. The van der Waals surface area contributed by atoms with Gasteiger partial charge in [-0.25, -0.2) is 9.18 Å². The van der Waals surface area contributed by atoms with Crippen molar-refractivity contribution >= 4 is 35.2 Å². The second-order valence-corrected chi connectivity index (χ2v) is 8.37. The number of carbonyl (C=O) groups excluding carboxylic acids is 4. The molecule has 4 rings (SSSR count). The molecule has 2 aromatic carbocycles. The van der Waals surface area contributed by atoms with Gasteiger partial charge in [0.1, 0.15) is 5.82 Å². The molecule has 0 bridgehead atoms. The van der Waals surface area contributed by atoms with E-state index in [1.807, 2.05) is 0 Å². The van der Waals surface area contributed by atoms with Gasteiger partial charge in [-0.05, 0) is 42.8 Å². The monoisotopic (exact) mass is 522 g/mol. The minimum Gasteiger partial charge on any atom is -0.465 e. The largest absolute Gasteiger partial charge is 0.465 e. The summed E-state index contributed by atoms with van der Waals surface area (Å²) >= 11 is 0. The normalized spacial score (nSPS) is 18.4. The number of amides is 4. The van der Waals surface area contributed by atoms with E-state index < -0.39 is 60.0 Å². The highest BCUT2D eigenvalue weighted by atomic mass is 19.4. The molecule has 0 radical (unpaired) electrons. The average molecular weight is 522 g/mol. The van der Waals surface area contributed by atoms with Crippen LogP contribution in [-0.2, 0) is 31.8 Å². The predicted octanol–water partition coefficient (Wildman–Crippen LogP) is 2.89. The first-order valence-corrected chi connectivity index (χ1v) is 11.3. The molecule has 1 atom stereocenters. The van der Waals surface area contributed by atoms with Crippen LogP contribution < -0.4 is 15.1 Å². The zero-order chi connectivity index (χ0) is 26.9. The number of esters is 1. The smallest absolute Gasteiger partial charge is 0.419 e. The maximum absolute atomic E-state index is 14.1. The van der Waals surface area contributed by atoms with Crippen LogP contribution in [0.2, 0.25) is 0 Å². The molecular formula is C24H22F4N4O5. The van der Waals surface area contributed by atoms with Gasteiger partial charge in [0.15, 0.2) is 5.92 Å². The van der Waals surface area contributed by atoms with Gasteiger partial charge in [0.2, 0.25) is 11.8 Å². The van der Waals surface area contributed by atoms with E-state index in [0.29, 0.717) is 23.3 Å². The third-order valence-electron chi connectivity index (χ3n) is 6.00. The van der Waals surface area contributed by atoms with Gasteiger partial charge in [0.25, 0.3) is 0 Å². The third-order valence-corrected chi connectivity index (χ3v) is 6.00. The molecule has 0 spiro atoms. The molecule has 2 saturated heterocycles. The van der Waals surface area contributed by atoms with Crippen LogP contribution >= 0.6 is 0 Å². The SMILES string of the molecule is CCOC(=O)C1CN(c2ccc(N3CNC(=O)C3)cc2)C(=O)N(Cc2cccc(F)c2C(F)(F)F)C1=O. The maximum atomic E-state index is 14.1. The molecule has 196 valence electrons. The summed E-state index contributed by atoms with van der Waals surface area (Å²) in [5, 5.41) is 2.66. The Morgan fingerprint density at radius 2 is 1.76 bits per heavy atom. The number of hydrogen-bond donors (Lipinski definition) is 1. The van der Waals surface area contributed by atoms with Crippen molar-refractivity contribution in [2.75, 3.05) is 36.2 Å². The first kappa shape index (κ1) is 25.9. The van der Waals surface area contributed by atoms with Crippen molar-refractivity contribution in [3.05, 3.63) is 59.4 Å². The molecule has 0 saturated carbocycles. The number of nitrogens with zero attached hydrogens (tertiary/aromatic N) is 3. The van der Waals surface area contributed by atoms with Crippen LogP contribution in [0.25, 0.3) is 0 Å². The zero-order valence-corrected chi connectivity index (χ0v) is 19.5. The van der Waals surface area contributed by atoms with Gasteiger partial charge in [-0.2, -0.15) is 13.2 Å². The summed E-state index contributed by atoms with van der Waals surface area (Å²) in [6, 6.07) is 7.94. The number of imide groups is 1. The highest BCUT2D eigenvalue weighted by Gasteiger charge is 2.45. The molecular weight excluding hydrogens is 500 g/mol. The lowest BCUT2D eigenvalue weighted by atomic mass is 10.0. The van der Waals surface area contributed by atoms with Crippen LogP contribution in [0.5, 0.6) is 0 Å². The van der Waals surface area contributed by atoms with Gasteiger partial charge in [0, 0.05) is 11.4 Å². The lowest BCUT2D eigenvalue weighted by Gasteiger charge is -2.38. The number of rotatable bonds is 6. The Labute approximate surface area is 208 Å². The van der Waals surface area contributed by atoms with Gasteiger partial charge in [-0.15, -0.1) is 0 Å². The van der Waals surface area contributed by atoms with Crippen molar-refractivity contribution in [3.8, 4) is 0 Å². The molecule has 37 heavy (non-hydrogen) atoms. The van der Waals surface area contributed by atoms with Gasteiger partial charge in [0.05, 0.1) is 38.5 Å².